The minimum Gasteiger partial charge on any atom is -0.396 e. The molecule has 0 amide bonds. The Labute approximate surface area is 106 Å². The number of hydrogen-bond donors (Lipinski definition) is 3. The third-order valence-corrected chi connectivity index (χ3v) is 3.55. The first-order valence-corrected chi connectivity index (χ1v) is 6.32. The lowest BCUT2D eigenvalue weighted by Crippen LogP contribution is -2.40. The summed E-state index contributed by atoms with van der Waals surface area (Å²) in [7, 11) is -4.36. The Hall–Kier alpha value is -1.39. The Morgan fingerprint density at radius 3 is 2.42 bits per heavy atom. The first-order valence-electron chi connectivity index (χ1n) is 4.83. The molecule has 108 valence electrons. The number of aliphatic hydroxyl groups is 1. The van der Waals surface area contributed by atoms with Gasteiger partial charge in [0.15, 0.2) is 6.10 Å². The van der Waals surface area contributed by atoms with Crippen molar-refractivity contribution in [3.05, 3.63) is 24.0 Å². The molecule has 1 aromatic carbocycles. The molecule has 0 bridgehead atoms. The number of nitrogens with two attached hydrogens (primary N) is 1. The first kappa shape index (κ1) is 15.7. The van der Waals surface area contributed by atoms with E-state index in [2.05, 4.69) is 0 Å². The van der Waals surface area contributed by atoms with Crippen molar-refractivity contribution in [1.82, 2.24) is 4.72 Å². The van der Waals surface area contributed by atoms with Crippen molar-refractivity contribution in [2.24, 2.45) is 0 Å². The number of hydrogen-bond acceptors (Lipinski definition) is 4. The monoisotopic (exact) mass is 302 g/mol. The molecule has 0 saturated carbocycles. The lowest BCUT2D eigenvalue weighted by Gasteiger charge is -2.15. The summed E-state index contributed by atoms with van der Waals surface area (Å²) in [6, 6.07) is 2.46. The van der Waals surface area contributed by atoms with Crippen LogP contribution in [-0.2, 0) is 10.0 Å². The molecular formula is C9H10F4N2O3S. The van der Waals surface area contributed by atoms with Gasteiger partial charge >= 0.3 is 6.18 Å². The van der Waals surface area contributed by atoms with Crippen LogP contribution in [0.3, 0.4) is 0 Å². The van der Waals surface area contributed by atoms with Crippen LogP contribution < -0.4 is 10.5 Å². The average Bonchev–Trinajstić information content (AvgIpc) is 2.28. The number of alkyl halides is 3. The SMILES string of the molecule is Nc1ccc(S(=O)(=O)NCC(O)C(F)(F)F)cc1F. The number of sulfonamides is 1. The number of rotatable bonds is 4. The summed E-state index contributed by atoms with van der Waals surface area (Å²) in [5.74, 6) is -1.01. The van der Waals surface area contributed by atoms with E-state index in [9.17, 15) is 26.0 Å². The van der Waals surface area contributed by atoms with E-state index in [1.807, 2.05) is 0 Å². The van der Waals surface area contributed by atoms with Gasteiger partial charge in [-0.1, -0.05) is 0 Å². The Kier molecular flexibility index (Phi) is 4.38. The summed E-state index contributed by atoms with van der Waals surface area (Å²) in [4.78, 5) is -0.589. The van der Waals surface area contributed by atoms with E-state index in [1.54, 1.807) is 0 Å². The maximum absolute atomic E-state index is 13.1. The standard InChI is InChI=1S/C9H10F4N2O3S/c10-6-3-5(1-2-7(6)14)19(17,18)15-4-8(16)9(11,12)13/h1-3,8,15-16H,4,14H2. The third kappa shape index (κ3) is 4.04. The molecule has 0 aliphatic heterocycles. The summed E-state index contributed by atoms with van der Waals surface area (Å²) >= 11 is 0. The number of anilines is 1. The quantitative estimate of drug-likeness (QED) is 0.561. The van der Waals surface area contributed by atoms with Gasteiger partial charge in [0, 0.05) is 6.54 Å². The van der Waals surface area contributed by atoms with E-state index in [-0.39, 0.29) is 5.69 Å². The highest BCUT2D eigenvalue weighted by molar-refractivity contribution is 7.89. The van der Waals surface area contributed by atoms with Gasteiger partial charge in [0.05, 0.1) is 10.6 Å². The molecule has 1 atom stereocenters. The summed E-state index contributed by atoms with van der Waals surface area (Å²) in [5.41, 5.74) is 4.84. The van der Waals surface area contributed by atoms with Crippen molar-refractivity contribution < 1.29 is 31.1 Å². The van der Waals surface area contributed by atoms with Crippen LogP contribution in [0.25, 0.3) is 0 Å². The lowest BCUT2D eigenvalue weighted by atomic mass is 10.3. The van der Waals surface area contributed by atoms with Gasteiger partial charge in [0.25, 0.3) is 0 Å². The topological polar surface area (TPSA) is 92.4 Å². The maximum Gasteiger partial charge on any atom is 0.415 e. The van der Waals surface area contributed by atoms with Crippen molar-refractivity contribution in [3.63, 3.8) is 0 Å². The van der Waals surface area contributed by atoms with Gasteiger partial charge in [-0.2, -0.15) is 13.2 Å². The number of halogens is 4. The van der Waals surface area contributed by atoms with E-state index in [0.29, 0.717) is 6.07 Å². The molecule has 4 N–H and O–H groups in total. The fourth-order valence-corrected chi connectivity index (χ4v) is 2.11. The molecule has 1 rings (SSSR count). The van der Waals surface area contributed by atoms with Crippen molar-refractivity contribution in [3.8, 4) is 0 Å². The smallest absolute Gasteiger partial charge is 0.396 e. The Morgan fingerprint density at radius 1 is 1.37 bits per heavy atom. The Bertz CT molecular complexity index is 559. The van der Waals surface area contributed by atoms with Crippen LogP contribution in [0.4, 0.5) is 23.2 Å². The fraction of sp³-hybridized carbons (Fsp3) is 0.333. The van der Waals surface area contributed by atoms with E-state index < -0.39 is 39.6 Å². The van der Waals surface area contributed by atoms with Crippen LogP contribution in [0.15, 0.2) is 23.1 Å². The van der Waals surface area contributed by atoms with E-state index >= 15 is 0 Å². The third-order valence-electron chi connectivity index (χ3n) is 2.13. The van der Waals surface area contributed by atoms with Gasteiger partial charge in [0.2, 0.25) is 10.0 Å². The van der Waals surface area contributed by atoms with Crippen molar-refractivity contribution >= 4 is 15.7 Å². The molecule has 0 aromatic heterocycles. The van der Waals surface area contributed by atoms with Gasteiger partial charge < -0.3 is 10.8 Å². The van der Waals surface area contributed by atoms with Crippen LogP contribution in [0.5, 0.6) is 0 Å². The Balaban J connectivity index is 2.85. The van der Waals surface area contributed by atoms with Gasteiger partial charge in [-0.15, -0.1) is 0 Å². The largest absolute Gasteiger partial charge is 0.415 e. The molecule has 0 saturated heterocycles. The number of aliphatic hydroxyl groups excluding tert-OH is 1. The van der Waals surface area contributed by atoms with E-state index in [4.69, 9.17) is 10.8 Å². The number of benzene rings is 1. The normalized spacial score (nSPS) is 14.4. The lowest BCUT2D eigenvalue weighted by molar-refractivity contribution is -0.200. The van der Waals surface area contributed by atoms with E-state index in [0.717, 1.165) is 12.1 Å². The highest BCUT2D eigenvalue weighted by Crippen LogP contribution is 2.20. The predicted molar refractivity (Wildman–Crippen MR) is 58.1 cm³/mol. The van der Waals surface area contributed by atoms with Gasteiger partial charge in [-0.3, -0.25) is 0 Å². The van der Waals surface area contributed by atoms with Gasteiger partial charge in [0.1, 0.15) is 5.82 Å². The van der Waals surface area contributed by atoms with Crippen LogP contribution >= 0.6 is 0 Å². The van der Waals surface area contributed by atoms with Crippen LogP contribution in [-0.4, -0.2) is 32.3 Å². The molecule has 10 heteroatoms. The van der Waals surface area contributed by atoms with Crippen LogP contribution in [0.1, 0.15) is 0 Å². The molecule has 0 spiro atoms. The minimum atomic E-state index is -4.95. The van der Waals surface area contributed by atoms with Crippen LogP contribution in [0, 0.1) is 5.82 Å². The van der Waals surface area contributed by atoms with Crippen LogP contribution in [0.2, 0.25) is 0 Å². The van der Waals surface area contributed by atoms with Crippen molar-refractivity contribution in [2.45, 2.75) is 17.2 Å². The minimum absolute atomic E-state index is 0.297. The van der Waals surface area contributed by atoms with Gasteiger partial charge in [-0.05, 0) is 18.2 Å². The highest BCUT2D eigenvalue weighted by atomic mass is 32.2. The zero-order valence-corrected chi connectivity index (χ0v) is 10.1. The van der Waals surface area contributed by atoms with Crippen molar-refractivity contribution in [2.75, 3.05) is 12.3 Å². The highest BCUT2D eigenvalue weighted by Gasteiger charge is 2.38. The summed E-state index contributed by atoms with van der Waals surface area (Å²) < 4.78 is 73.6. The van der Waals surface area contributed by atoms with Crippen molar-refractivity contribution in [1.29, 1.82) is 0 Å². The molecule has 19 heavy (non-hydrogen) atoms. The average molecular weight is 302 g/mol. The Morgan fingerprint density at radius 2 is 1.95 bits per heavy atom. The zero-order chi connectivity index (χ0) is 14.8. The zero-order valence-electron chi connectivity index (χ0n) is 9.28. The predicted octanol–water partition coefficient (Wildman–Crippen LogP) is 0.609. The molecule has 0 aliphatic rings. The second-order valence-electron chi connectivity index (χ2n) is 3.59. The molecule has 0 heterocycles. The number of nitrogens with one attached hydrogen (secondary N) is 1. The maximum atomic E-state index is 13.1. The molecule has 5 nitrogen and oxygen atoms in total. The molecule has 0 aliphatic carbocycles. The van der Waals surface area contributed by atoms with Gasteiger partial charge in [-0.25, -0.2) is 17.5 Å². The summed E-state index contributed by atoms with van der Waals surface area (Å²) in [6.45, 7) is -1.27. The number of nitrogen functional groups attached to an aromatic ring is 1. The molecule has 1 aromatic rings. The molecule has 1 unspecified atom stereocenters. The molecule has 0 fully saturated rings. The molecular weight excluding hydrogens is 292 g/mol. The fourth-order valence-electron chi connectivity index (χ4n) is 1.06. The second-order valence-corrected chi connectivity index (χ2v) is 5.36. The van der Waals surface area contributed by atoms with E-state index in [1.165, 1.54) is 4.72 Å². The molecule has 0 radical (unpaired) electrons. The first-order chi connectivity index (χ1) is 8.54. The summed E-state index contributed by atoms with van der Waals surface area (Å²) in [6.07, 6.45) is -7.80. The summed E-state index contributed by atoms with van der Waals surface area (Å²) in [5, 5.41) is 8.65. The second kappa shape index (κ2) is 5.31.